The number of carboxylic acid groups (broad SMARTS) is 2. The average molecular weight is 292 g/mol. The van der Waals surface area contributed by atoms with E-state index < -0.39 is 11.9 Å². The van der Waals surface area contributed by atoms with E-state index in [2.05, 4.69) is 60.9 Å². The van der Waals surface area contributed by atoms with E-state index >= 15 is 0 Å². The first kappa shape index (κ1) is 16.7. The molecule has 2 N–H and O–H groups in total. The van der Waals surface area contributed by atoms with Crippen molar-refractivity contribution in [1.82, 2.24) is 9.47 Å². The van der Waals surface area contributed by atoms with Crippen molar-refractivity contribution in [2.45, 2.75) is 13.5 Å². The van der Waals surface area contributed by atoms with Gasteiger partial charge in [0.25, 0.3) is 0 Å². The van der Waals surface area contributed by atoms with Gasteiger partial charge in [0.2, 0.25) is 0 Å². The van der Waals surface area contributed by atoms with Gasteiger partial charge in [0.05, 0.1) is 0 Å². The molecule has 21 heavy (non-hydrogen) atoms. The molecule has 0 aliphatic rings. The molecule has 0 atom stereocenters. The van der Waals surface area contributed by atoms with Crippen LogP contribution >= 0.6 is 0 Å². The Morgan fingerprint density at radius 1 is 1.14 bits per heavy atom. The van der Waals surface area contributed by atoms with E-state index in [0.717, 1.165) is 13.1 Å². The number of carbonyl (C=O) groups is 2. The van der Waals surface area contributed by atoms with Gasteiger partial charge in [-0.1, -0.05) is 12.1 Å². The number of benzene rings is 1. The molecule has 2 rings (SSSR count). The molecule has 0 aliphatic heterocycles. The minimum Gasteiger partial charge on any atom is -0.473 e. The van der Waals surface area contributed by atoms with Gasteiger partial charge < -0.3 is 19.7 Å². The Morgan fingerprint density at radius 3 is 2.29 bits per heavy atom. The first-order chi connectivity index (χ1) is 9.81. The van der Waals surface area contributed by atoms with Gasteiger partial charge in [-0.25, -0.2) is 9.59 Å². The average Bonchev–Trinajstić information content (AvgIpc) is 2.79. The third kappa shape index (κ3) is 5.27. The molecule has 0 bridgehead atoms. The molecule has 0 unspecified atom stereocenters. The van der Waals surface area contributed by atoms with Crippen LogP contribution in [-0.2, 0) is 16.1 Å². The predicted molar refractivity (Wildman–Crippen MR) is 80.5 cm³/mol. The van der Waals surface area contributed by atoms with Crippen LogP contribution in [0.3, 0.4) is 0 Å². The van der Waals surface area contributed by atoms with Crippen molar-refractivity contribution in [1.29, 1.82) is 0 Å². The second kappa shape index (κ2) is 7.44. The fourth-order valence-electron chi connectivity index (χ4n) is 1.80. The molecule has 6 heteroatoms. The number of nitrogens with zero attached hydrogens (tertiary/aromatic N) is 2. The summed E-state index contributed by atoms with van der Waals surface area (Å²) in [4.78, 5) is 20.4. The lowest BCUT2D eigenvalue weighted by Gasteiger charge is -2.11. The van der Waals surface area contributed by atoms with Crippen LogP contribution < -0.4 is 0 Å². The number of carboxylic acids is 2. The van der Waals surface area contributed by atoms with Crippen molar-refractivity contribution in [2.75, 3.05) is 20.6 Å². The van der Waals surface area contributed by atoms with Crippen LogP contribution in [0, 0.1) is 6.92 Å². The summed E-state index contributed by atoms with van der Waals surface area (Å²) in [5.41, 5.74) is 2.67. The van der Waals surface area contributed by atoms with E-state index in [9.17, 15) is 0 Å². The third-order valence-corrected chi connectivity index (χ3v) is 2.90. The lowest BCUT2D eigenvalue weighted by Crippen LogP contribution is -2.17. The van der Waals surface area contributed by atoms with E-state index in [-0.39, 0.29) is 0 Å². The summed E-state index contributed by atoms with van der Waals surface area (Å²) in [6.45, 7) is 4.28. The van der Waals surface area contributed by atoms with Gasteiger partial charge in [-0.05, 0) is 44.1 Å². The summed E-state index contributed by atoms with van der Waals surface area (Å²) in [5, 5.41) is 16.1. The van der Waals surface area contributed by atoms with Crippen LogP contribution in [-0.4, -0.2) is 52.3 Å². The summed E-state index contributed by atoms with van der Waals surface area (Å²) in [5.74, 6) is -3.65. The maximum Gasteiger partial charge on any atom is 0.414 e. The Balaban J connectivity index is 0.000000315. The third-order valence-electron chi connectivity index (χ3n) is 2.90. The van der Waals surface area contributed by atoms with Gasteiger partial charge in [-0.3, -0.25) is 0 Å². The van der Waals surface area contributed by atoms with Gasteiger partial charge in [0, 0.05) is 24.8 Å². The van der Waals surface area contributed by atoms with Crippen LogP contribution in [0.4, 0.5) is 0 Å². The molecular formula is C15H20N2O4. The molecular weight excluding hydrogens is 272 g/mol. The SMILES string of the molecule is Cc1ccc2ccn(CCN(C)C)c2c1.O=C(O)C(=O)O. The topological polar surface area (TPSA) is 82.8 Å². The molecule has 6 nitrogen and oxygen atoms in total. The van der Waals surface area contributed by atoms with Crippen LogP contribution in [0.1, 0.15) is 5.56 Å². The largest absolute Gasteiger partial charge is 0.473 e. The molecule has 0 aliphatic carbocycles. The van der Waals surface area contributed by atoms with Crippen molar-refractivity contribution in [3.8, 4) is 0 Å². The van der Waals surface area contributed by atoms with E-state index in [1.54, 1.807) is 0 Å². The normalized spacial score (nSPS) is 10.3. The Kier molecular flexibility index (Phi) is 5.92. The number of aliphatic carboxylic acids is 2. The zero-order valence-corrected chi connectivity index (χ0v) is 12.4. The van der Waals surface area contributed by atoms with Crippen molar-refractivity contribution in [3.63, 3.8) is 0 Å². The Hall–Kier alpha value is -2.34. The first-order valence-corrected chi connectivity index (χ1v) is 6.47. The quantitative estimate of drug-likeness (QED) is 0.841. The summed E-state index contributed by atoms with van der Waals surface area (Å²) >= 11 is 0. The second-order valence-corrected chi connectivity index (χ2v) is 4.98. The van der Waals surface area contributed by atoms with Gasteiger partial charge in [0.15, 0.2) is 0 Å². The molecule has 0 saturated carbocycles. The minimum atomic E-state index is -1.82. The molecule has 1 aromatic carbocycles. The van der Waals surface area contributed by atoms with Gasteiger partial charge in [0.1, 0.15) is 0 Å². The molecule has 1 aromatic heterocycles. The monoisotopic (exact) mass is 292 g/mol. The highest BCUT2D eigenvalue weighted by molar-refractivity contribution is 6.27. The number of likely N-dealkylation sites (N-methyl/N-ethyl adjacent to an activating group) is 1. The Morgan fingerprint density at radius 2 is 1.76 bits per heavy atom. The van der Waals surface area contributed by atoms with Crippen LogP contribution in [0.25, 0.3) is 10.9 Å². The highest BCUT2D eigenvalue weighted by Crippen LogP contribution is 2.17. The number of aromatic nitrogens is 1. The molecule has 0 fully saturated rings. The van der Waals surface area contributed by atoms with E-state index in [1.807, 2.05) is 0 Å². The molecule has 0 amide bonds. The molecule has 0 saturated heterocycles. The smallest absolute Gasteiger partial charge is 0.414 e. The summed E-state index contributed by atoms with van der Waals surface area (Å²) < 4.78 is 2.32. The van der Waals surface area contributed by atoms with Gasteiger partial charge in [-0.2, -0.15) is 0 Å². The number of hydrogen-bond donors (Lipinski definition) is 2. The number of fused-ring (bicyclic) bond motifs is 1. The summed E-state index contributed by atoms with van der Waals surface area (Å²) in [6.07, 6.45) is 2.17. The van der Waals surface area contributed by atoms with E-state index in [0.29, 0.717) is 0 Å². The lowest BCUT2D eigenvalue weighted by atomic mass is 10.2. The highest BCUT2D eigenvalue weighted by Gasteiger charge is 2.04. The van der Waals surface area contributed by atoms with E-state index in [1.165, 1.54) is 16.5 Å². The minimum absolute atomic E-state index is 1.06. The summed E-state index contributed by atoms with van der Waals surface area (Å²) in [6, 6.07) is 8.80. The van der Waals surface area contributed by atoms with Crippen LogP contribution in [0.5, 0.6) is 0 Å². The fourth-order valence-corrected chi connectivity index (χ4v) is 1.80. The zero-order valence-electron chi connectivity index (χ0n) is 12.4. The van der Waals surface area contributed by atoms with Gasteiger partial charge in [-0.15, -0.1) is 0 Å². The predicted octanol–water partition coefficient (Wildman–Crippen LogP) is 1.67. The maximum absolute atomic E-state index is 9.10. The van der Waals surface area contributed by atoms with E-state index in [4.69, 9.17) is 19.8 Å². The van der Waals surface area contributed by atoms with Gasteiger partial charge >= 0.3 is 11.9 Å². The zero-order chi connectivity index (χ0) is 16.0. The van der Waals surface area contributed by atoms with Crippen molar-refractivity contribution in [2.24, 2.45) is 0 Å². The molecule has 2 aromatic rings. The van der Waals surface area contributed by atoms with Crippen molar-refractivity contribution < 1.29 is 19.8 Å². The number of rotatable bonds is 3. The molecule has 0 radical (unpaired) electrons. The standard InChI is InChI=1S/C13H18N2.C2H2O4/c1-11-4-5-12-6-7-15(13(12)10-11)9-8-14(2)3;3-1(4)2(5)6/h4-7,10H,8-9H2,1-3H3;(H,3,4)(H,5,6). The molecule has 1 heterocycles. The lowest BCUT2D eigenvalue weighted by molar-refractivity contribution is -0.159. The Bertz CT molecular complexity index is 620. The highest BCUT2D eigenvalue weighted by atomic mass is 16.4. The van der Waals surface area contributed by atoms with Crippen molar-refractivity contribution in [3.05, 3.63) is 36.0 Å². The fraction of sp³-hybridized carbons (Fsp3) is 0.333. The molecule has 114 valence electrons. The maximum atomic E-state index is 9.10. The van der Waals surface area contributed by atoms with Crippen LogP contribution in [0.15, 0.2) is 30.5 Å². The summed E-state index contributed by atoms with van der Waals surface area (Å²) in [7, 11) is 4.22. The first-order valence-electron chi connectivity index (χ1n) is 6.47. The Labute approximate surface area is 123 Å². The van der Waals surface area contributed by atoms with Crippen molar-refractivity contribution >= 4 is 22.8 Å². The van der Waals surface area contributed by atoms with Crippen LogP contribution in [0.2, 0.25) is 0 Å². The second-order valence-electron chi connectivity index (χ2n) is 4.98. The number of hydrogen-bond acceptors (Lipinski definition) is 3. The number of aryl methyl sites for hydroxylation is 1. The molecule has 0 spiro atoms.